The van der Waals surface area contributed by atoms with E-state index in [1.165, 1.54) is 4.90 Å². The molecule has 0 unspecified atom stereocenters. The van der Waals surface area contributed by atoms with E-state index in [-0.39, 0.29) is 31.6 Å². The molecule has 0 radical (unpaired) electrons. The summed E-state index contributed by atoms with van der Waals surface area (Å²) in [7, 11) is 0. The van der Waals surface area contributed by atoms with Crippen molar-refractivity contribution in [3.05, 3.63) is 0 Å². The number of aliphatic hydroxyl groups excluding tert-OH is 2. The van der Waals surface area contributed by atoms with Crippen LogP contribution in [0.5, 0.6) is 0 Å². The molecule has 1 rings (SSSR count). The van der Waals surface area contributed by atoms with Gasteiger partial charge in [-0.05, 0) is 6.42 Å². The van der Waals surface area contributed by atoms with Crippen molar-refractivity contribution < 1.29 is 19.8 Å². The highest BCUT2D eigenvalue weighted by Crippen LogP contribution is 2.05. The van der Waals surface area contributed by atoms with E-state index < -0.39 is 6.03 Å². The highest BCUT2D eigenvalue weighted by Gasteiger charge is 2.26. The standard InChI is InChI=1S/C8H14N2O4/c11-4-6(5-12)1-2-10-3-7(13)9-8(10)14/h6,11-12H,1-5H2,(H,9,13,14). The van der Waals surface area contributed by atoms with Gasteiger partial charge in [-0.3, -0.25) is 10.1 Å². The van der Waals surface area contributed by atoms with Crippen LogP contribution >= 0.6 is 0 Å². The van der Waals surface area contributed by atoms with Gasteiger partial charge in [0.15, 0.2) is 0 Å². The molecule has 6 nitrogen and oxygen atoms in total. The van der Waals surface area contributed by atoms with E-state index in [1.54, 1.807) is 0 Å². The summed E-state index contributed by atoms with van der Waals surface area (Å²) in [4.78, 5) is 23.2. The van der Waals surface area contributed by atoms with Gasteiger partial charge in [-0.2, -0.15) is 0 Å². The maximum atomic E-state index is 11.0. The molecular formula is C8H14N2O4. The Balaban J connectivity index is 2.31. The fourth-order valence-corrected chi connectivity index (χ4v) is 1.24. The van der Waals surface area contributed by atoms with E-state index in [9.17, 15) is 9.59 Å². The molecule has 1 saturated heterocycles. The van der Waals surface area contributed by atoms with Crippen molar-refractivity contribution in [3.8, 4) is 0 Å². The lowest BCUT2D eigenvalue weighted by molar-refractivity contribution is -0.118. The number of hydrogen-bond donors (Lipinski definition) is 3. The number of hydrogen-bond acceptors (Lipinski definition) is 4. The highest BCUT2D eigenvalue weighted by molar-refractivity contribution is 6.01. The average Bonchev–Trinajstić information content (AvgIpc) is 2.47. The normalized spacial score (nSPS) is 16.6. The second-order valence-corrected chi connectivity index (χ2v) is 3.29. The Labute approximate surface area is 81.5 Å². The highest BCUT2D eigenvalue weighted by atomic mass is 16.3. The molecule has 0 saturated carbocycles. The van der Waals surface area contributed by atoms with Gasteiger partial charge in [0.25, 0.3) is 0 Å². The predicted molar refractivity (Wildman–Crippen MR) is 47.4 cm³/mol. The van der Waals surface area contributed by atoms with Crippen LogP contribution in [0.2, 0.25) is 0 Å². The number of nitrogens with zero attached hydrogens (tertiary/aromatic N) is 1. The lowest BCUT2D eigenvalue weighted by Crippen LogP contribution is -2.31. The zero-order valence-electron chi connectivity index (χ0n) is 7.77. The number of urea groups is 1. The first-order chi connectivity index (χ1) is 6.67. The first-order valence-electron chi connectivity index (χ1n) is 4.48. The minimum atomic E-state index is -0.398. The first-order valence-corrected chi connectivity index (χ1v) is 4.48. The second kappa shape index (κ2) is 4.92. The van der Waals surface area contributed by atoms with Gasteiger partial charge in [0.1, 0.15) is 6.54 Å². The van der Waals surface area contributed by atoms with Gasteiger partial charge in [-0.1, -0.05) is 0 Å². The lowest BCUT2D eigenvalue weighted by atomic mass is 10.1. The minimum Gasteiger partial charge on any atom is -0.396 e. The molecule has 0 spiro atoms. The largest absolute Gasteiger partial charge is 0.396 e. The smallest absolute Gasteiger partial charge is 0.324 e. The van der Waals surface area contributed by atoms with Gasteiger partial charge in [0, 0.05) is 25.7 Å². The number of imide groups is 1. The van der Waals surface area contributed by atoms with E-state index in [0.717, 1.165) is 0 Å². The molecular weight excluding hydrogens is 188 g/mol. The third-order valence-electron chi connectivity index (χ3n) is 2.19. The monoisotopic (exact) mass is 202 g/mol. The molecule has 0 aromatic heterocycles. The van der Waals surface area contributed by atoms with Gasteiger partial charge in [0.05, 0.1) is 0 Å². The fraction of sp³-hybridized carbons (Fsp3) is 0.750. The van der Waals surface area contributed by atoms with Crippen LogP contribution in [0.25, 0.3) is 0 Å². The van der Waals surface area contributed by atoms with Gasteiger partial charge >= 0.3 is 6.03 Å². The molecule has 6 heteroatoms. The number of nitrogens with one attached hydrogen (secondary N) is 1. The van der Waals surface area contributed by atoms with Crippen molar-refractivity contribution in [2.24, 2.45) is 5.92 Å². The Kier molecular flexibility index (Phi) is 3.84. The van der Waals surface area contributed by atoms with Crippen LogP contribution in [0.1, 0.15) is 6.42 Å². The molecule has 3 N–H and O–H groups in total. The molecule has 1 heterocycles. The zero-order valence-corrected chi connectivity index (χ0v) is 7.77. The van der Waals surface area contributed by atoms with Crippen molar-refractivity contribution in [1.82, 2.24) is 10.2 Å². The summed E-state index contributed by atoms with van der Waals surface area (Å²) in [5.74, 6) is -0.530. The molecule has 0 atom stereocenters. The summed E-state index contributed by atoms with van der Waals surface area (Å²) in [5, 5.41) is 19.7. The summed E-state index contributed by atoms with van der Waals surface area (Å²) < 4.78 is 0. The molecule has 0 aromatic rings. The molecule has 0 bridgehead atoms. The fourth-order valence-electron chi connectivity index (χ4n) is 1.24. The second-order valence-electron chi connectivity index (χ2n) is 3.29. The number of amides is 3. The van der Waals surface area contributed by atoms with E-state index in [2.05, 4.69) is 5.32 Å². The van der Waals surface area contributed by atoms with Crippen LogP contribution in [-0.2, 0) is 4.79 Å². The van der Waals surface area contributed by atoms with Crippen molar-refractivity contribution >= 4 is 11.9 Å². The predicted octanol–water partition coefficient (Wildman–Crippen LogP) is -1.47. The van der Waals surface area contributed by atoms with Crippen LogP contribution < -0.4 is 5.32 Å². The summed E-state index contributed by atoms with van der Waals surface area (Å²) in [6, 6.07) is -0.398. The quantitative estimate of drug-likeness (QED) is 0.475. The van der Waals surface area contributed by atoms with Gasteiger partial charge in [0.2, 0.25) is 5.91 Å². The maximum Gasteiger partial charge on any atom is 0.324 e. The summed E-state index contributed by atoms with van der Waals surface area (Å²) in [5.41, 5.74) is 0. The Hall–Kier alpha value is -1.14. The Morgan fingerprint density at radius 3 is 2.43 bits per heavy atom. The first kappa shape index (κ1) is 10.9. The lowest BCUT2D eigenvalue weighted by Gasteiger charge is -2.16. The Bertz CT molecular complexity index is 227. The third-order valence-corrected chi connectivity index (χ3v) is 2.19. The van der Waals surface area contributed by atoms with Crippen LogP contribution in [0, 0.1) is 5.92 Å². The Morgan fingerprint density at radius 1 is 1.36 bits per heavy atom. The average molecular weight is 202 g/mol. The molecule has 1 aliphatic rings. The van der Waals surface area contributed by atoms with Crippen LogP contribution in [0.15, 0.2) is 0 Å². The molecule has 1 fully saturated rings. The minimum absolute atomic E-state index is 0.0718. The number of carbonyl (C=O) groups is 2. The third kappa shape index (κ3) is 2.68. The number of carbonyl (C=O) groups excluding carboxylic acids is 2. The van der Waals surface area contributed by atoms with Gasteiger partial charge in [-0.25, -0.2) is 4.79 Å². The molecule has 80 valence electrons. The summed E-state index contributed by atoms with van der Waals surface area (Å²) in [6.07, 6.45) is 0.494. The maximum absolute atomic E-state index is 11.0. The summed E-state index contributed by atoms with van der Waals surface area (Å²) in [6.45, 7) is 0.228. The number of aliphatic hydroxyl groups is 2. The van der Waals surface area contributed by atoms with E-state index >= 15 is 0 Å². The van der Waals surface area contributed by atoms with Gasteiger partial charge in [-0.15, -0.1) is 0 Å². The molecule has 0 aliphatic carbocycles. The van der Waals surface area contributed by atoms with E-state index in [0.29, 0.717) is 13.0 Å². The van der Waals surface area contributed by atoms with Crippen LogP contribution in [0.4, 0.5) is 4.79 Å². The molecule has 1 aliphatic heterocycles. The van der Waals surface area contributed by atoms with Crippen molar-refractivity contribution in [3.63, 3.8) is 0 Å². The van der Waals surface area contributed by atoms with E-state index in [4.69, 9.17) is 10.2 Å². The van der Waals surface area contributed by atoms with Crippen molar-refractivity contribution in [2.45, 2.75) is 6.42 Å². The summed E-state index contributed by atoms with van der Waals surface area (Å²) >= 11 is 0. The topological polar surface area (TPSA) is 89.9 Å². The van der Waals surface area contributed by atoms with E-state index in [1.807, 2.05) is 0 Å². The van der Waals surface area contributed by atoms with Crippen molar-refractivity contribution in [1.29, 1.82) is 0 Å². The van der Waals surface area contributed by atoms with Crippen LogP contribution in [-0.4, -0.2) is 53.4 Å². The Morgan fingerprint density at radius 2 is 2.00 bits per heavy atom. The van der Waals surface area contributed by atoms with Crippen molar-refractivity contribution in [2.75, 3.05) is 26.3 Å². The number of rotatable bonds is 5. The van der Waals surface area contributed by atoms with Crippen LogP contribution in [0.3, 0.4) is 0 Å². The molecule has 3 amide bonds. The zero-order chi connectivity index (χ0) is 10.6. The molecule has 14 heavy (non-hydrogen) atoms. The SMILES string of the molecule is O=C1CN(CCC(CO)CO)C(=O)N1. The van der Waals surface area contributed by atoms with Gasteiger partial charge < -0.3 is 15.1 Å². The molecule has 0 aromatic carbocycles.